The van der Waals surface area contributed by atoms with E-state index >= 15 is 0 Å². The Hall–Kier alpha value is -1.69. The highest BCUT2D eigenvalue weighted by Crippen LogP contribution is 2.34. The van der Waals surface area contributed by atoms with Crippen LogP contribution >= 0.6 is 0 Å². The molecule has 0 N–H and O–H groups in total. The van der Waals surface area contributed by atoms with Crippen LogP contribution in [0.3, 0.4) is 0 Å². The summed E-state index contributed by atoms with van der Waals surface area (Å²) in [6.07, 6.45) is -0.810. The molecule has 1 aliphatic rings. The Balaban J connectivity index is 2.51. The van der Waals surface area contributed by atoms with E-state index in [-0.39, 0.29) is 5.56 Å². The lowest BCUT2D eigenvalue weighted by Gasteiger charge is -2.12. The van der Waals surface area contributed by atoms with Crippen LogP contribution in [0, 0.1) is 11.6 Å². The number of azide groups is 1. The molecule has 16 heavy (non-hydrogen) atoms. The molecule has 1 heterocycles. The van der Waals surface area contributed by atoms with E-state index in [4.69, 9.17) is 15.0 Å². The smallest absolute Gasteiger partial charge is 0.184 e. The molecular formula is C9H7F2N3O2. The van der Waals surface area contributed by atoms with Gasteiger partial charge in [-0.1, -0.05) is 11.2 Å². The summed E-state index contributed by atoms with van der Waals surface area (Å²) in [5.41, 5.74) is 8.06. The minimum atomic E-state index is -1.20. The first-order chi connectivity index (χ1) is 7.74. The van der Waals surface area contributed by atoms with Crippen LogP contribution in [-0.4, -0.2) is 13.2 Å². The van der Waals surface area contributed by atoms with Crippen LogP contribution in [0.1, 0.15) is 11.9 Å². The van der Waals surface area contributed by atoms with Gasteiger partial charge in [0.25, 0.3) is 0 Å². The fourth-order valence-corrected chi connectivity index (χ4v) is 1.43. The molecule has 0 aliphatic carbocycles. The second kappa shape index (κ2) is 4.44. The predicted octanol–water partition coefficient (Wildman–Crippen LogP) is 2.95. The summed E-state index contributed by atoms with van der Waals surface area (Å²) in [6, 6.07) is 2.21. The summed E-state index contributed by atoms with van der Waals surface area (Å²) >= 11 is 0. The van der Waals surface area contributed by atoms with Crippen LogP contribution in [0.15, 0.2) is 17.2 Å². The summed E-state index contributed by atoms with van der Waals surface area (Å²) < 4.78 is 36.5. The van der Waals surface area contributed by atoms with Gasteiger partial charge in [-0.2, -0.15) is 0 Å². The van der Waals surface area contributed by atoms with Gasteiger partial charge in [0.15, 0.2) is 17.9 Å². The second-order valence-corrected chi connectivity index (χ2v) is 3.06. The molecule has 7 heteroatoms. The Morgan fingerprint density at radius 3 is 2.62 bits per heavy atom. The maximum atomic E-state index is 13.4. The Kier molecular flexibility index (Phi) is 3.00. The molecule has 1 aromatic carbocycles. The van der Waals surface area contributed by atoms with Gasteiger partial charge in [-0.3, -0.25) is 0 Å². The average molecular weight is 227 g/mol. The van der Waals surface area contributed by atoms with Crippen molar-refractivity contribution in [3.05, 3.63) is 39.8 Å². The first-order valence-electron chi connectivity index (χ1n) is 4.50. The molecule has 1 fully saturated rings. The Bertz CT molecular complexity index is 454. The third-order valence-electron chi connectivity index (χ3n) is 2.12. The highest BCUT2D eigenvalue weighted by molar-refractivity contribution is 5.48. The van der Waals surface area contributed by atoms with Crippen LogP contribution in [0.5, 0.6) is 0 Å². The van der Waals surface area contributed by atoms with Crippen molar-refractivity contribution in [1.82, 2.24) is 0 Å². The van der Waals surface area contributed by atoms with Gasteiger partial charge >= 0.3 is 0 Å². The molecule has 0 spiro atoms. The fourth-order valence-electron chi connectivity index (χ4n) is 1.43. The molecule has 1 saturated heterocycles. The maximum absolute atomic E-state index is 13.4. The van der Waals surface area contributed by atoms with E-state index in [2.05, 4.69) is 10.0 Å². The average Bonchev–Trinajstić information content (AvgIpc) is 2.79. The highest BCUT2D eigenvalue weighted by Gasteiger charge is 2.24. The lowest BCUT2D eigenvalue weighted by molar-refractivity contribution is -0.0438. The summed E-state index contributed by atoms with van der Waals surface area (Å²) in [4.78, 5) is 2.45. The first kappa shape index (κ1) is 10.8. The zero-order valence-corrected chi connectivity index (χ0v) is 8.06. The summed E-state index contributed by atoms with van der Waals surface area (Å²) in [6.45, 7) is 0.721. The molecule has 0 radical (unpaired) electrons. The van der Waals surface area contributed by atoms with E-state index in [0.29, 0.717) is 13.2 Å². The van der Waals surface area contributed by atoms with Crippen LogP contribution in [-0.2, 0) is 9.47 Å². The normalized spacial score (nSPS) is 16.1. The molecule has 0 atom stereocenters. The van der Waals surface area contributed by atoms with Gasteiger partial charge in [0.05, 0.1) is 18.9 Å². The largest absolute Gasteiger partial charge is 0.346 e. The monoisotopic (exact) mass is 227 g/mol. The third kappa shape index (κ3) is 1.83. The van der Waals surface area contributed by atoms with Crippen molar-refractivity contribution < 1.29 is 18.3 Å². The van der Waals surface area contributed by atoms with Gasteiger partial charge in [-0.05, 0) is 11.6 Å². The third-order valence-corrected chi connectivity index (χ3v) is 2.12. The molecule has 0 bridgehead atoms. The van der Waals surface area contributed by atoms with Crippen LogP contribution in [0.25, 0.3) is 10.4 Å². The van der Waals surface area contributed by atoms with Gasteiger partial charge in [-0.25, -0.2) is 8.78 Å². The van der Waals surface area contributed by atoms with Gasteiger partial charge in [0, 0.05) is 10.5 Å². The molecule has 0 saturated carbocycles. The van der Waals surface area contributed by atoms with E-state index in [9.17, 15) is 8.78 Å². The van der Waals surface area contributed by atoms with E-state index in [0.717, 1.165) is 6.07 Å². The van der Waals surface area contributed by atoms with Crippen molar-refractivity contribution in [2.45, 2.75) is 6.29 Å². The lowest BCUT2D eigenvalue weighted by atomic mass is 10.1. The summed E-state index contributed by atoms with van der Waals surface area (Å²) in [5, 5.41) is 3.12. The van der Waals surface area contributed by atoms with Crippen molar-refractivity contribution in [2.75, 3.05) is 13.2 Å². The number of hydrogen-bond donors (Lipinski definition) is 0. The van der Waals surface area contributed by atoms with Crippen LogP contribution in [0.2, 0.25) is 0 Å². The molecule has 1 aliphatic heterocycles. The van der Waals surface area contributed by atoms with E-state index in [1.54, 1.807) is 0 Å². The van der Waals surface area contributed by atoms with E-state index in [1.165, 1.54) is 6.07 Å². The SMILES string of the molecule is [N-]=[N+]=Nc1c(C2OCCO2)ccc(F)c1F. The van der Waals surface area contributed by atoms with Gasteiger partial charge in [-0.15, -0.1) is 0 Å². The standard InChI is InChI=1S/C9H7F2N3O2/c10-6-2-1-5(9-15-3-4-16-9)8(7(6)11)13-14-12/h1-2,9H,3-4H2. The number of hydrogen-bond acceptors (Lipinski definition) is 3. The number of nitrogens with zero attached hydrogens (tertiary/aromatic N) is 3. The fraction of sp³-hybridized carbons (Fsp3) is 0.333. The first-order valence-corrected chi connectivity index (χ1v) is 4.50. The maximum Gasteiger partial charge on any atom is 0.184 e. The van der Waals surface area contributed by atoms with Gasteiger partial charge < -0.3 is 9.47 Å². The zero-order valence-electron chi connectivity index (χ0n) is 8.06. The second-order valence-electron chi connectivity index (χ2n) is 3.06. The Morgan fingerprint density at radius 2 is 2.00 bits per heavy atom. The number of rotatable bonds is 2. The number of ether oxygens (including phenoxy) is 2. The van der Waals surface area contributed by atoms with Crippen molar-refractivity contribution >= 4 is 5.69 Å². The molecule has 2 rings (SSSR count). The molecule has 84 valence electrons. The molecule has 0 amide bonds. The highest BCUT2D eigenvalue weighted by atomic mass is 19.2. The van der Waals surface area contributed by atoms with Crippen LogP contribution < -0.4 is 0 Å². The minimum absolute atomic E-state index is 0.189. The topological polar surface area (TPSA) is 67.2 Å². The predicted molar refractivity (Wildman–Crippen MR) is 49.8 cm³/mol. The van der Waals surface area contributed by atoms with Gasteiger partial charge in [0.1, 0.15) is 0 Å². The van der Waals surface area contributed by atoms with Crippen molar-refractivity contribution in [3.8, 4) is 0 Å². The number of halogens is 2. The van der Waals surface area contributed by atoms with Crippen molar-refractivity contribution in [2.24, 2.45) is 5.11 Å². The lowest BCUT2D eigenvalue weighted by Crippen LogP contribution is -2.00. The zero-order chi connectivity index (χ0) is 11.5. The molecule has 0 unspecified atom stereocenters. The molecule has 5 nitrogen and oxygen atoms in total. The minimum Gasteiger partial charge on any atom is -0.346 e. The van der Waals surface area contributed by atoms with Crippen molar-refractivity contribution in [1.29, 1.82) is 0 Å². The summed E-state index contributed by atoms with van der Waals surface area (Å²) in [7, 11) is 0. The van der Waals surface area contributed by atoms with Crippen LogP contribution in [0.4, 0.5) is 14.5 Å². The molecule has 0 aromatic heterocycles. The molecular weight excluding hydrogens is 220 g/mol. The van der Waals surface area contributed by atoms with E-state index in [1.807, 2.05) is 0 Å². The quantitative estimate of drug-likeness (QED) is 0.442. The number of benzene rings is 1. The Labute approximate surface area is 89.2 Å². The molecule has 1 aromatic rings. The van der Waals surface area contributed by atoms with Gasteiger partial charge in [0.2, 0.25) is 0 Å². The summed E-state index contributed by atoms with van der Waals surface area (Å²) in [5.74, 6) is -2.28. The van der Waals surface area contributed by atoms with Crippen molar-refractivity contribution in [3.63, 3.8) is 0 Å². The van der Waals surface area contributed by atoms with E-state index < -0.39 is 23.6 Å². The Morgan fingerprint density at radius 1 is 1.31 bits per heavy atom.